The number of nitrogens with zero attached hydrogens (tertiary/aromatic N) is 2. The Balaban J connectivity index is 1.41. The van der Waals surface area contributed by atoms with Gasteiger partial charge in [0.25, 0.3) is 0 Å². The Morgan fingerprint density at radius 1 is 1.26 bits per heavy atom. The molecule has 1 saturated heterocycles. The summed E-state index contributed by atoms with van der Waals surface area (Å²) >= 11 is 0. The zero-order chi connectivity index (χ0) is 16.0. The fraction of sp³-hybridized carbons (Fsp3) is 0.889. The minimum absolute atomic E-state index is 0.0331. The summed E-state index contributed by atoms with van der Waals surface area (Å²) in [6, 6.07) is 1.51. The van der Waals surface area contributed by atoms with Crippen LogP contribution in [0.2, 0.25) is 0 Å². The molecule has 5 aliphatic carbocycles. The SMILES string of the molecule is N#C[C@@H]1[C@H]2C[C@@H]2CN1C(=O)[C@@H](N)C12CC3CC(CC(O)(C3)C1)C2. The van der Waals surface area contributed by atoms with Gasteiger partial charge in [-0.25, -0.2) is 0 Å². The van der Waals surface area contributed by atoms with E-state index >= 15 is 0 Å². The maximum atomic E-state index is 13.1. The molecule has 4 bridgehead atoms. The zero-order valence-electron chi connectivity index (χ0n) is 13.4. The number of rotatable bonds is 2. The van der Waals surface area contributed by atoms with E-state index in [9.17, 15) is 15.2 Å². The van der Waals surface area contributed by atoms with Gasteiger partial charge >= 0.3 is 0 Å². The Morgan fingerprint density at radius 2 is 1.96 bits per heavy atom. The molecule has 5 saturated carbocycles. The van der Waals surface area contributed by atoms with Gasteiger partial charge in [0.2, 0.25) is 5.91 Å². The summed E-state index contributed by atoms with van der Waals surface area (Å²) in [5.41, 5.74) is 5.69. The van der Waals surface area contributed by atoms with Gasteiger partial charge in [-0.05, 0) is 74.0 Å². The molecule has 5 nitrogen and oxygen atoms in total. The number of hydrogen-bond acceptors (Lipinski definition) is 4. The molecule has 6 atom stereocenters. The number of piperidine rings is 1. The van der Waals surface area contributed by atoms with Gasteiger partial charge in [-0.15, -0.1) is 0 Å². The second-order valence-corrected chi connectivity index (χ2v) is 9.25. The lowest BCUT2D eigenvalue weighted by molar-refractivity contribution is -0.177. The predicted molar refractivity (Wildman–Crippen MR) is 82.8 cm³/mol. The van der Waals surface area contributed by atoms with Crippen LogP contribution in [0.4, 0.5) is 0 Å². The third kappa shape index (κ3) is 1.88. The van der Waals surface area contributed by atoms with E-state index < -0.39 is 11.6 Å². The molecule has 1 aliphatic heterocycles. The Hall–Kier alpha value is -1.12. The third-order valence-corrected chi connectivity index (χ3v) is 7.57. The molecule has 0 aromatic carbocycles. The highest BCUT2D eigenvalue weighted by atomic mass is 16.3. The zero-order valence-corrected chi connectivity index (χ0v) is 13.4. The van der Waals surface area contributed by atoms with Crippen LogP contribution in [0, 0.1) is 40.4 Å². The number of nitriles is 1. The highest BCUT2D eigenvalue weighted by Crippen LogP contribution is 2.63. The van der Waals surface area contributed by atoms with E-state index in [1.165, 1.54) is 6.42 Å². The maximum Gasteiger partial charge on any atom is 0.241 e. The maximum absolute atomic E-state index is 13.1. The largest absolute Gasteiger partial charge is 0.390 e. The highest BCUT2D eigenvalue weighted by Gasteiger charge is 2.62. The molecule has 5 heteroatoms. The summed E-state index contributed by atoms with van der Waals surface area (Å²) in [5.74, 6) is 1.93. The highest BCUT2D eigenvalue weighted by molar-refractivity contribution is 5.84. The lowest BCUT2D eigenvalue weighted by Gasteiger charge is -2.61. The van der Waals surface area contributed by atoms with Gasteiger partial charge in [-0.1, -0.05) is 0 Å². The lowest BCUT2D eigenvalue weighted by Crippen LogP contribution is -2.64. The lowest BCUT2D eigenvalue weighted by atomic mass is 9.46. The van der Waals surface area contributed by atoms with Crippen molar-refractivity contribution in [1.82, 2.24) is 4.90 Å². The molecule has 0 aromatic heterocycles. The van der Waals surface area contributed by atoms with Crippen LogP contribution in [-0.2, 0) is 4.79 Å². The van der Waals surface area contributed by atoms with Crippen molar-refractivity contribution < 1.29 is 9.90 Å². The fourth-order valence-corrected chi connectivity index (χ4v) is 6.95. The first kappa shape index (κ1) is 14.2. The van der Waals surface area contributed by atoms with Crippen LogP contribution in [0.25, 0.3) is 0 Å². The Morgan fingerprint density at radius 3 is 2.57 bits per heavy atom. The number of nitrogens with two attached hydrogens (primary N) is 1. The molecule has 6 aliphatic rings. The molecule has 3 N–H and O–H groups in total. The van der Waals surface area contributed by atoms with Crippen LogP contribution in [0.1, 0.15) is 44.9 Å². The summed E-state index contributed by atoms with van der Waals surface area (Å²) < 4.78 is 0. The molecule has 0 radical (unpaired) electrons. The fourth-order valence-electron chi connectivity index (χ4n) is 6.95. The van der Waals surface area contributed by atoms with Crippen molar-refractivity contribution in [3.63, 3.8) is 0 Å². The first-order valence-electron chi connectivity index (χ1n) is 9.11. The standard InChI is InChI=1S/C18H25N3O2/c19-7-14-13-2-12(13)8-21(14)16(22)15(20)17-3-10-1-11(4-17)6-18(23,5-10)9-17/h10-15,23H,1-6,8-9,20H2/t10?,11?,12-,13+,14-,15-,17?,18?/m1/s1. The summed E-state index contributed by atoms with van der Waals surface area (Å²) in [6.07, 6.45) is 6.71. The van der Waals surface area contributed by atoms with Crippen molar-refractivity contribution in [3.05, 3.63) is 0 Å². The monoisotopic (exact) mass is 315 g/mol. The average molecular weight is 315 g/mol. The van der Waals surface area contributed by atoms with Crippen molar-refractivity contribution >= 4 is 5.91 Å². The Kier molecular flexibility index (Phi) is 2.65. The average Bonchev–Trinajstić information content (AvgIpc) is 3.14. The van der Waals surface area contributed by atoms with Crippen molar-refractivity contribution in [1.29, 1.82) is 5.26 Å². The van der Waals surface area contributed by atoms with Crippen LogP contribution in [0.15, 0.2) is 0 Å². The quantitative estimate of drug-likeness (QED) is 0.796. The van der Waals surface area contributed by atoms with Gasteiger partial charge in [-0.2, -0.15) is 5.26 Å². The van der Waals surface area contributed by atoms with Crippen molar-refractivity contribution in [2.75, 3.05) is 6.54 Å². The van der Waals surface area contributed by atoms with E-state index in [0.29, 0.717) is 36.6 Å². The molecule has 23 heavy (non-hydrogen) atoms. The van der Waals surface area contributed by atoms with Gasteiger partial charge in [0, 0.05) is 6.54 Å². The number of fused-ring (bicyclic) bond motifs is 1. The van der Waals surface area contributed by atoms with Gasteiger partial charge < -0.3 is 15.7 Å². The summed E-state index contributed by atoms with van der Waals surface area (Å²) in [7, 11) is 0. The number of likely N-dealkylation sites (tertiary alicyclic amines) is 1. The minimum Gasteiger partial charge on any atom is -0.390 e. The summed E-state index contributed by atoms with van der Waals surface area (Å²) in [5, 5.41) is 20.3. The van der Waals surface area contributed by atoms with Crippen LogP contribution >= 0.6 is 0 Å². The van der Waals surface area contributed by atoms with E-state index in [2.05, 4.69) is 6.07 Å². The molecular weight excluding hydrogens is 290 g/mol. The van der Waals surface area contributed by atoms with Crippen LogP contribution in [0.5, 0.6) is 0 Å². The van der Waals surface area contributed by atoms with Gasteiger partial charge in [0.15, 0.2) is 0 Å². The Bertz CT molecular complexity index is 598. The van der Waals surface area contributed by atoms with Gasteiger partial charge in [0.05, 0.1) is 17.7 Å². The first-order valence-corrected chi connectivity index (χ1v) is 9.11. The van der Waals surface area contributed by atoms with Crippen LogP contribution in [-0.4, -0.2) is 40.1 Å². The molecule has 6 fully saturated rings. The van der Waals surface area contributed by atoms with E-state index in [-0.39, 0.29) is 17.4 Å². The van der Waals surface area contributed by atoms with E-state index in [1.54, 1.807) is 4.90 Å². The number of amides is 1. The number of carbonyl (C=O) groups excluding carboxylic acids is 1. The van der Waals surface area contributed by atoms with E-state index in [4.69, 9.17) is 5.73 Å². The second-order valence-electron chi connectivity index (χ2n) is 9.25. The molecule has 1 amide bonds. The van der Waals surface area contributed by atoms with Crippen LogP contribution < -0.4 is 5.73 Å². The predicted octanol–water partition coefficient (Wildman–Crippen LogP) is 1.02. The van der Waals surface area contributed by atoms with E-state index in [0.717, 1.165) is 32.1 Å². The molecule has 0 spiro atoms. The van der Waals surface area contributed by atoms with Crippen molar-refractivity contribution in [2.24, 2.45) is 34.8 Å². The Labute approximate surface area is 136 Å². The molecule has 0 aromatic rings. The van der Waals surface area contributed by atoms with Crippen LogP contribution in [0.3, 0.4) is 0 Å². The molecule has 124 valence electrons. The molecule has 6 rings (SSSR count). The topological polar surface area (TPSA) is 90.4 Å². The van der Waals surface area contributed by atoms with E-state index in [1.807, 2.05) is 0 Å². The smallest absolute Gasteiger partial charge is 0.241 e. The van der Waals surface area contributed by atoms with Gasteiger partial charge in [-0.3, -0.25) is 4.79 Å². The first-order chi connectivity index (χ1) is 10.9. The number of carbonyl (C=O) groups is 1. The molecule has 2 unspecified atom stereocenters. The van der Waals surface area contributed by atoms with Crippen molar-refractivity contribution in [3.8, 4) is 6.07 Å². The second kappa shape index (κ2) is 4.29. The third-order valence-electron chi connectivity index (χ3n) is 7.57. The molecular formula is C18H25N3O2. The number of aliphatic hydroxyl groups is 1. The number of hydrogen-bond donors (Lipinski definition) is 2. The van der Waals surface area contributed by atoms with Gasteiger partial charge in [0.1, 0.15) is 6.04 Å². The van der Waals surface area contributed by atoms with Crippen molar-refractivity contribution in [2.45, 2.75) is 62.6 Å². The normalized spacial score (nSPS) is 53.8. The molecule has 1 heterocycles. The summed E-state index contributed by atoms with van der Waals surface area (Å²) in [6.45, 7) is 0.711. The minimum atomic E-state index is -0.593. The summed E-state index contributed by atoms with van der Waals surface area (Å²) in [4.78, 5) is 14.8.